The number of hydrogen-bond acceptors (Lipinski definition) is 7. The Morgan fingerprint density at radius 2 is 1.61 bits per heavy atom. The molecule has 1 aliphatic heterocycles. The van der Waals surface area contributed by atoms with Crippen LogP contribution in [0.15, 0.2) is 76.5 Å². The number of rotatable bonds is 7. The van der Waals surface area contributed by atoms with Crippen LogP contribution in [0.4, 0.5) is 17.1 Å². The van der Waals surface area contributed by atoms with E-state index in [-0.39, 0.29) is 33.5 Å². The molecule has 10 nitrogen and oxygen atoms in total. The van der Waals surface area contributed by atoms with Gasteiger partial charge in [-0.1, -0.05) is 18.2 Å². The first-order valence-corrected chi connectivity index (χ1v) is 12.5. The van der Waals surface area contributed by atoms with Gasteiger partial charge in [-0.3, -0.25) is 14.2 Å². The van der Waals surface area contributed by atoms with Crippen molar-refractivity contribution in [3.05, 3.63) is 66.7 Å². The summed E-state index contributed by atoms with van der Waals surface area (Å²) < 4.78 is 66.6. The monoisotopic (exact) mass is 489 g/mol. The zero-order valence-electron chi connectivity index (χ0n) is 17.2. The van der Waals surface area contributed by atoms with Gasteiger partial charge in [0.25, 0.3) is 26.0 Å². The first-order valence-electron chi connectivity index (χ1n) is 9.53. The molecule has 0 aliphatic carbocycles. The van der Waals surface area contributed by atoms with E-state index >= 15 is 0 Å². The van der Waals surface area contributed by atoms with Crippen LogP contribution < -0.4 is 24.2 Å². The average Bonchev–Trinajstić information content (AvgIpc) is 2.78. The van der Waals surface area contributed by atoms with Crippen LogP contribution in [0, 0.1) is 0 Å². The summed E-state index contributed by atoms with van der Waals surface area (Å²) in [7, 11) is -6.71. The highest BCUT2D eigenvalue weighted by Crippen LogP contribution is 2.31. The Morgan fingerprint density at radius 1 is 0.879 bits per heavy atom. The lowest BCUT2D eigenvalue weighted by molar-refractivity contribution is -0.118. The SMILES string of the molecule is COc1ccccc1NS(=O)(=O)c1cccc(NS(=O)(=O)c2ccc3c(c2)NC(=O)CO3)c1. The molecular formula is C21H19N3O7S2. The normalized spacial score (nSPS) is 13.3. The van der Waals surface area contributed by atoms with Crippen LogP contribution in [0.5, 0.6) is 11.5 Å². The number of para-hydroxylation sites is 2. The summed E-state index contributed by atoms with van der Waals surface area (Å²) in [4.78, 5) is 11.2. The van der Waals surface area contributed by atoms with E-state index in [9.17, 15) is 21.6 Å². The van der Waals surface area contributed by atoms with Crippen LogP contribution in [0.2, 0.25) is 0 Å². The third-order valence-electron chi connectivity index (χ3n) is 4.64. The van der Waals surface area contributed by atoms with Crippen molar-refractivity contribution in [2.75, 3.05) is 28.5 Å². The third-order valence-corrected chi connectivity index (χ3v) is 7.38. The third kappa shape index (κ3) is 4.86. The van der Waals surface area contributed by atoms with E-state index in [2.05, 4.69) is 14.8 Å². The maximum Gasteiger partial charge on any atom is 0.262 e. The van der Waals surface area contributed by atoms with Gasteiger partial charge in [0.05, 0.1) is 34.0 Å². The van der Waals surface area contributed by atoms with Crippen LogP contribution in [-0.4, -0.2) is 36.5 Å². The van der Waals surface area contributed by atoms with Crippen molar-refractivity contribution in [2.24, 2.45) is 0 Å². The Balaban J connectivity index is 1.59. The summed E-state index contributed by atoms with van der Waals surface area (Å²) in [6.07, 6.45) is 0. The average molecular weight is 490 g/mol. The molecule has 4 rings (SSSR count). The summed E-state index contributed by atoms with van der Waals surface area (Å²) in [6, 6.07) is 15.9. The molecule has 1 amide bonds. The molecule has 0 aromatic heterocycles. The van der Waals surface area contributed by atoms with E-state index in [1.165, 1.54) is 49.6 Å². The van der Waals surface area contributed by atoms with Gasteiger partial charge in [-0.2, -0.15) is 0 Å². The molecule has 33 heavy (non-hydrogen) atoms. The number of nitrogens with one attached hydrogen (secondary N) is 3. The minimum Gasteiger partial charge on any atom is -0.495 e. The Labute approximate surface area is 190 Å². The van der Waals surface area contributed by atoms with Gasteiger partial charge >= 0.3 is 0 Å². The summed E-state index contributed by atoms with van der Waals surface area (Å²) in [5.41, 5.74) is 0.506. The van der Waals surface area contributed by atoms with E-state index in [0.29, 0.717) is 11.5 Å². The highest BCUT2D eigenvalue weighted by Gasteiger charge is 2.22. The van der Waals surface area contributed by atoms with Crippen molar-refractivity contribution in [1.82, 2.24) is 0 Å². The van der Waals surface area contributed by atoms with Gasteiger partial charge in [0, 0.05) is 0 Å². The molecule has 0 saturated carbocycles. The predicted molar refractivity (Wildman–Crippen MR) is 122 cm³/mol. The first kappa shape index (κ1) is 22.4. The topological polar surface area (TPSA) is 140 Å². The number of hydrogen-bond donors (Lipinski definition) is 3. The summed E-state index contributed by atoms with van der Waals surface area (Å²) in [5.74, 6) is 0.288. The predicted octanol–water partition coefficient (Wildman–Crippen LogP) is 2.63. The second-order valence-corrected chi connectivity index (χ2v) is 10.3. The number of anilines is 3. The zero-order valence-corrected chi connectivity index (χ0v) is 18.9. The number of sulfonamides is 2. The van der Waals surface area contributed by atoms with Gasteiger partial charge in [0.1, 0.15) is 11.5 Å². The van der Waals surface area contributed by atoms with Gasteiger partial charge in [-0.05, 0) is 48.5 Å². The fourth-order valence-electron chi connectivity index (χ4n) is 3.10. The molecule has 3 aromatic carbocycles. The minimum atomic E-state index is -4.09. The minimum absolute atomic E-state index is 0.0379. The van der Waals surface area contributed by atoms with E-state index in [0.717, 1.165) is 0 Å². The number of carbonyl (C=O) groups is 1. The fraction of sp³-hybridized carbons (Fsp3) is 0.0952. The molecule has 3 aromatic rings. The molecule has 0 spiro atoms. The van der Waals surface area contributed by atoms with Crippen LogP contribution in [-0.2, 0) is 24.8 Å². The van der Waals surface area contributed by atoms with Gasteiger partial charge in [-0.25, -0.2) is 16.8 Å². The molecule has 0 bridgehead atoms. The molecular weight excluding hydrogens is 470 g/mol. The van der Waals surface area contributed by atoms with Crippen LogP contribution in [0.3, 0.4) is 0 Å². The number of benzene rings is 3. The standard InChI is InChI=1S/C21H19N3O7S2/c1-30-19-8-3-2-7-17(19)24-33(28,29)15-6-4-5-14(11-15)23-32(26,27)16-9-10-20-18(12-16)22-21(25)13-31-20/h2-12,23-24H,13H2,1H3,(H,22,25). The molecule has 0 fully saturated rings. The second-order valence-electron chi connectivity index (χ2n) is 6.93. The molecule has 1 heterocycles. The molecule has 12 heteroatoms. The number of fused-ring (bicyclic) bond motifs is 1. The largest absolute Gasteiger partial charge is 0.495 e. The lowest BCUT2D eigenvalue weighted by Crippen LogP contribution is -2.25. The highest BCUT2D eigenvalue weighted by molar-refractivity contribution is 7.93. The maximum absolute atomic E-state index is 12.9. The number of methoxy groups -OCH3 is 1. The van der Waals surface area contributed by atoms with Crippen LogP contribution >= 0.6 is 0 Å². The Hall–Kier alpha value is -3.77. The molecule has 1 aliphatic rings. The van der Waals surface area contributed by atoms with E-state index in [1.54, 1.807) is 24.3 Å². The van der Waals surface area contributed by atoms with Crippen molar-refractivity contribution < 1.29 is 31.1 Å². The van der Waals surface area contributed by atoms with Gasteiger partial charge in [-0.15, -0.1) is 0 Å². The van der Waals surface area contributed by atoms with E-state index < -0.39 is 26.0 Å². The maximum atomic E-state index is 12.9. The van der Waals surface area contributed by atoms with Crippen LogP contribution in [0.1, 0.15) is 0 Å². The summed E-state index contributed by atoms with van der Waals surface area (Å²) >= 11 is 0. The van der Waals surface area contributed by atoms with Crippen molar-refractivity contribution in [1.29, 1.82) is 0 Å². The van der Waals surface area contributed by atoms with E-state index in [4.69, 9.17) is 9.47 Å². The van der Waals surface area contributed by atoms with Crippen molar-refractivity contribution in [2.45, 2.75) is 9.79 Å². The molecule has 172 valence electrons. The van der Waals surface area contributed by atoms with Gasteiger partial charge in [0.15, 0.2) is 6.61 Å². The van der Waals surface area contributed by atoms with Crippen molar-refractivity contribution in [3.8, 4) is 11.5 Å². The second kappa shape index (κ2) is 8.64. The van der Waals surface area contributed by atoms with E-state index in [1.807, 2.05) is 0 Å². The Morgan fingerprint density at radius 3 is 2.39 bits per heavy atom. The first-order chi connectivity index (χ1) is 15.7. The smallest absolute Gasteiger partial charge is 0.262 e. The highest BCUT2D eigenvalue weighted by atomic mass is 32.2. The number of amides is 1. The number of ether oxygens (including phenoxy) is 2. The molecule has 0 radical (unpaired) electrons. The zero-order chi connectivity index (χ0) is 23.6. The lowest BCUT2D eigenvalue weighted by Gasteiger charge is -2.18. The Bertz CT molecular complexity index is 1440. The molecule has 0 saturated heterocycles. The fourth-order valence-corrected chi connectivity index (χ4v) is 5.29. The molecule has 0 atom stereocenters. The van der Waals surface area contributed by atoms with Gasteiger partial charge in [0.2, 0.25) is 0 Å². The number of carbonyl (C=O) groups excluding carboxylic acids is 1. The van der Waals surface area contributed by atoms with Crippen molar-refractivity contribution >= 4 is 43.0 Å². The Kier molecular flexibility index (Phi) is 5.87. The summed E-state index contributed by atoms with van der Waals surface area (Å²) in [6.45, 7) is -0.151. The van der Waals surface area contributed by atoms with Crippen LogP contribution in [0.25, 0.3) is 0 Å². The van der Waals surface area contributed by atoms with Gasteiger partial charge < -0.3 is 14.8 Å². The lowest BCUT2D eigenvalue weighted by atomic mass is 10.2. The molecule has 0 unspecified atom stereocenters. The quantitative estimate of drug-likeness (QED) is 0.463. The molecule has 3 N–H and O–H groups in total. The van der Waals surface area contributed by atoms with Crippen molar-refractivity contribution in [3.63, 3.8) is 0 Å². The summed E-state index contributed by atoms with van der Waals surface area (Å²) in [5, 5.41) is 2.54.